The minimum Gasteiger partial charge on any atom is -0.382 e. The first kappa shape index (κ1) is 13.4. The summed E-state index contributed by atoms with van der Waals surface area (Å²) in [6.45, 7) is 5.73. The van der Waals surface area contributed by atoms with Gasteiger partial charge in [0.2, 0.25) is 0 Å². The molecular weight excluding hydrogens is 184 g/mol. The van der Waals surface area contributed by atoms with Crippen molar-refractivity contribution in [1.82, 2.24) is 0 Å². The summed E-state index contributed by atoms with van der Waals surface area (Å²) in [6, 6.07) is 0. The topological polar surface area (TPSA) is 44.8 Å². The fourth-order valence-corrected chi connectivity index (χ4v) is 0.815. The van der Waals surface area contributed by atoms with Gasteiger partial charge >= 0.3 is 5.97 Å². The maximum Gasteiger partial charge on any atom is 0.342 e. The Morgan fingerprint density at radius 3 is 2.57 bits per heavy atom. The molecule has 0 fully saturated rings. The van der Waals surface area contributed by atoms with Crippen molar-refractivity contribution in [2.75, 3.05) is 19.8 Å². The smallest absolute Gasteiger partial charge is 0.342 e. The van der Waals surface area contributed by atoms with E-state index in [1.807, 2.05) is 13.8 Å². The van der Waals surface area contributed by atoms with Crippen LogP contribution >= 0.6 is 0 Å². The van der Waals surface area contributed by atoms with E-state index in [0.717, 1.165) is 12.8 Å². The predicted molar refractivity (Wildman–Crippen MR) is 52.7 cm³/mol. The Hall–Kier alpha value is -0.610. The number of unbranched alkanes of at least 4 members (excludes halogenated alkanes) is 1. The first-order valence-electron chi connectivity index (χ1n) is 5.21. The highest BCUT2D eigenvalue weighted by Crippen LogP contribution is 1.96. The lowest BCUT2D eigenvalue weighted by atomic mass is 10.3. The molecule has 0 radical (unpaired) electrons. The fraction of sp³-hybridized carbons (Fsp3) is 0.900. The average Bonchev–Trinajstić information content (AvgIpc) is 2.19. The molecule has 4 heteroatoms. The molecule has 0 aromatic rings. The van der Waals surface area contributed by atoms with E-state index in [1.165, 1.54) is 0 Å². The highest BCUT2D eigenvalue weighted by atomic mass is 17.2. The molecule has 0 spiro atoms. The van der Waals surface area contributed by atoms with Crippen LogP contribution in [0.3, 0.4) is 0 Å². The van der Waals surface area contributed by atoms with Crippen LogP contribution in [0.2, 0.25) is 0 Å². The van der Waals surface area contributed by atoms with E-state index < -0.39 is 0 Å². The first-order valence-corrected chi connectivity index (χ1v) is 5.21. The number of rotatable bonds is 9. The molecular formula is C10H20O4. The molecule has 0 unspecified atom stereocenters. The van der Waals surface area contributed by atoms with E-state index in [9.17, 15) is 4.79 Å². The molecule has 0 aliphatic rings. The van der Waals surface area contributed by atoms with Crippen LogP contribution in [0.15, 0.2) is 0 Å². The fourth-order valence-electron chi connectivity index (χ4n) is 0.815. The van der Waals surface area contributed by atoms with Gasteiger partial charge in [-0.2, -0.15) is 4.89 Å². The summed E-state index contributed by atoms with van der Waals surface area (Å²) >= 11 is 0. The average molecular weight is 204 g/mol. The summed E-state index contributed by atoms with van der Waals surface area (Å²) in [6.07, 6.45) is 2.98. The van der Waals surface area contributed by atoms with Crippen LogP contribution in [0.1, 0.15) is 39.5 Å². The lowest BCUT2D eigenvalue weighted by Crippen LogP contribution is -2.07. The third-order valence-electron chi connectivity index (χ3n) is 1.61. The van der Waals surface area contributed by atoms with Crippen molar-refractivity contribution >= 4 is 5.97 Å². The number of hydrogen-bond acceptors (Lipinski definition) is 4. The summed E-state index contributed by atoms with van der Waals surface area (Å²) in [5.41, 5.74) is 0. The lowest BCUT2D eigenvalue weighted by molar-refractivity contribution is -0.272. The zero-order valence-corrected chi connectivity index (χ0v) is 9.08. The molecule has 0 aromatic carbocycles. The Labute approximate surface area is 85.5 Å². The maximum atomic E-state index is 11.0. The zero-order valence-electron chi connectivity index (χ0n) is 9.08. The Kier molecular flexibility index (Phi) is 10.0. The van der Waals surface area contributed by atoms with Crippen molar-refractivity contribution < 1.29 is 19.3 Å². The van der Waals surface area contributed by atoms with Gasteiger partial charge in [0.15, 0.2) is 0 Å². The minimum absolute atomic E-state index is 0.319. The van der Waals surface area contributed by atoms with Gasteiger partial charge < -0.3 is 4.74 Å². The predicted octanol–water partition coefficient (Wildman–Crippen LogP) is 2.08. The van der Waals surface area contributed by atoms with Gasteiger partial charge in [0.05, 0.1) is 13.0 Å². The maximum absolute atomic E-state index is 11.0. The van der Waals surface area contributed by atoms with Crippen LogP contribution in [0.4, 0.5) is 0 Å². The third kappa shape index (κ3) is 9.48. The standard InChI is InChI=1S/C10H20O4/c1-3-5-9-13-14-10(11)7-6-8-12-4-2/h3-9H2,1-2H3. The van der Waals surface area contributed by atoms with Crippen LogP contribution in [0.25, 0.3) is 0 Å². The van der Waals surface area contributed by atoms with Gasteiger partial charge in [-0.15, -0.1) is 0 Å². The molecule has 0 bridgehead atoms. The highest BCUT2D eigenvalue weighted by Gasteiger charge is 2.02. The van der Waals surface area contributed by atoms with Crippen molar-refractivity contribution in [1.29, 1.82) is 0 Å². The second kappa shape index (κ2) is 10.5. The van der Waals surface area contributed by atoms with Crippen molar-refractivity contribution in [3.63, 3.8) is 0 Å². The third-order valence-corrected chi connectivity index (χ3v) is 1.61. The van der Waals surface area contributed by atoms with Crippen LogP contribution in [-0.2, 0) is 19.3 Å². The normalized spacial score (nSPS) is 10.1. The van der Waals surface area contributed by atoms with E-state index in [4.69, 9.17) is 9.62 Å². The van der Waals surface area contributed by atoms with Gasteiger partial charge in [0, 0.05) is 13.2 Å². The van der Waals surface area contributed by atoms with Gasteiger partial charge in [-0.05, 0) is 19.8 Å². The summed E-state index contributed by atoms with van der Waals surface area (Å²) in [7, 11) is 0. The summed E-state index contributed by atoms with van der Waals surface area (Å²) in [5.74, 6) is -0.319. The molecule has 0 N–H and O–H groups in total. The molecule has 0 heterocycles. The molecule has 0 rings (SSSR count). The van der Waals surface area contributed by atoms with E-state index in [-0.39, 0.29) is 5.97 Å². The van der Waals surface area contributed by atoms with Gasteiger partial charge in [-0.1, -0.05) is 13.3 Å². The number of hydrogen-bond donors (Lipinski definition) is 0. The van der Waals surface area contributed by atoms with Gasteiger partial charge in [0.25, 0.3) is 0 Å². The van der Waals surface area contributed by atoms with E-state index in [0.29, 0.717) is 32.7 Å². The van der Waals surface area contributed by atoms with Gasteiger partial charge in [-0.3, -0.25) is 4.89 Å². The van der Waals surface area contributed by atoms with Crippen LogP contribution in [0.5, 0.6) is 0 Å². The van der Waals surface area contributed by atoms with Crippen molar-refractivity contribution in [2.45, 2.75) is 39.5 Å². The van der Waals surface area contributed by atoms with Crippen molar-refractivity contribution in [2.24, 2.45) is 0 Å². The number of carbonyl (C=O) groups excluding carboxylic acids is 1. The second-order valence-corrected chi connectivity index (χ2v) is 2.93. The van der Waals surface area contributed by atoms with E-state index >= 15 is 0 Å². The molecule has 0 amide bonds. The SMILES string of the molecule is CCCCOOC(=O)CCCOCC. The zero-order chi connectivity index (χ0) is 10.6. The van der Waals surface area contributed by atoms with Crippen molar-refractivity contribution in [3.05, 3.63) is 0 Å². The first-order chi connectivity index (χ1) is 6.81. The van der Waals surface area contributed by atoms with Crippen LogP contribution in [-0.4, -0.2) is 25.8 Å². The minimum atomic E-state index is -0.319. The van der Waals surface area contributed by atoms with Gasteiger partial charge in [0.1, 0.15) is 0 Å². The molecule has 0 aliphatic heterocycles. The Bertz CT molecular complexity index is 122. The molecule has 0 atom stereocenters. The highest BCUT2D eigenvalue weighted by molar-refractivity contribution is 5.68. The molecule has 0 aliphatic carbocycles. The van der Waals surface area contributed by atoms with E-state index in [1.54, 1.807) is 0 Å². The summed E-state index contributed by atoms with van der Waals surface area (Å²) in [4.78, 5) is 20.2. The lowest BCUT2D eigenvalue weighted by Gasteiger charge is -2.02. The number of carbonyl (C=O) groups is 1. The molecule has 4 nitrogen and oxygen atoms in total. The Balaban J connectivity index is 3.11. The largest absolute Gasteiger partial charge is 0.382 e. The quantitative estimate of drug-likeness (QED) is 0.327. The Morgan fingerprint density at radius 2 is 1.93 bits per heavy atom. The summed E-state index contributed by atoms with van der Waals surface area (Å²) < 4.78 is 5.08. The molecule has 0 saturated heterocycles. The Morgan fingerprint density at radius 1 is 1.14 bits per heavy atom. The molecule has 84 valence electrons. The molecule has 0 saturated carbocycles. The second-order valence-electron chi connectivity index (χ2n) is 2.93. The van der Waals surface area contributed by atoms with Crippen LogP contribution < -0.4 is 0 Å². The van der Waals surface area contributed by atoms with Gasteiger partial charge in [-0.25, -0.2) is 4.79 Å². The van der Waals surface area contributed by atoms with Crippen molar-refractivity contribution in [3.8, 4) is 0 Å². The monoisotopic (exact) mass is 204 g/mol. The number of ether oxygens (including phenoxy) is 1. The molecule has 14 heavy (non-hydrogen) atoms. The summed E-state index contributed by atoms with van der Waals surface area (Å²) in [5, 5.41) is 0. The van der Waals surface area contributed by atoms with E-state index in [2.05, 4.69) is 4.89 Å². The van der Waals surface area contributed by atoms with Crippen LogP contribution in [0, 0.1) is 0 Å². The molecule has 0 aromatic heterocycles.